The van der Waals surface area contributed by atoms with E-state index in [1.54, 1.807) is 10.7 Å². The van der Waals surface area contributed by atoms with E-state index in [9.17, 15) is 9.90 Å². The molecule has 3 aromatic rings. The number of amides is 1. The number of rotatable bonds is 4. The Morgan fingerprint density at radius 1 is 1.06 bits per heavy atom. The summed E-state index contributed by atoms with van der Waals surface area (Å²) in [6.07, 6.45) is 0.970. The van der Waals surface area contributed by atoms with Crippen LogP contribution in [0.4, 0.5) is 5.69 Å². The third-order valence-corrected chi connectivity index (χ3v) is 7.99. The van der Waals surface area contributed by atoms with Gasteiger partial charge in [0.15, 0.2) is 5.69 Å². The van der Waals surface area contributed by atoms with E-state index < -0.39 is 24.4 Å². The number of hydrogen-bond donors (Lipinski definition) is 2. The predicted octanol–water partition coefficient (Wildman–Crippen LogP) is 4.55. The van der Waals surface area contributed by atoms with Crippen LogP contribution < -0.4 is 10.8 Å². The maximum atomic E-state index is 13.1. The lowest BCUT2D eigenvalue weighted by molar-refractivity contribution is 0.00578. The van der Waals surface area contributed by atoms with Gasteiger partial charge in [-0.1, -0.05) is 30.3 Å². The first-order chi connectivity index (χ1) is 17.0. The first kappa shape index (κ1) is 24.7. The van der Waals surface area contributed by atoms with Crippen LogP contribution in [0.1, 0.15) is 73.9 Å². The molecule has 1 atom stereocenters. The number of aliphatic hydroxyl groups is 1. The Kier molecular flexibility index (Phi) is 6.10. The normalized spacial score (nSPS) is 20.3. The molecule has 1 aromatic heterocycles. The number of benzene rings is 2. The summed E-state index contributed by atoms with van der Waals surface area (Å²) < 4.78 is 14.4. The monoisotopic (exact) mass is 487 g/mol. The number of nitrogens with one attached hydrogen (secondary N) is 1. The number of fused-ring (bicyclic) bond motifs is 1. The van der Waals surface area contributed by atoms with E-state index in [1.165, 1.54) is 0 Å². The summed E-state index contributed by atoms with van der Waals surface area (Å²) in [5.74, 6) is -0.285. The Balaban J connectivity index is 1.43. The molecule has 5 rings (SSSR count). The zero-order valence-electron chi connectivity index (χ0n) is 21.9. The van der Waals surface area contributed by atoms with E-state index in [1.807, 2.05) is 25.1 Å². The van der Waals surface area contributed by atoms with Crippen LogP contribution in [-0.2, 0) is 15.9 Å². The number of carbonyl (C=O) groups excluding carboxylic acids is 1. The van der Waals surface area contributed by atoms with Gasteiger partial charge in [0.05, 0.1) is 23.0 Å². The second-order valence-electron chi connectivity index (χ2n) is 10.9. The molecular formula is C28H34BN3O4. The third kappa shape index (κ3) is 4.17. The van der Waals surface area contributed by atoms with Gasteiger partial charge < -0.3 is 19.7 Å². The molecule has 0 aliphatic carbocycles. The van der Waals surface area contributed by atoms with Gasteiger partial charge in [-0.2, -0.15) is 5.10 Å². The molecule has 2 aromatic carbocycles. The molecule has 1 fully saturated rings. The fourth-order valence-corrected chi connectivity index (χ4v) is 4.99. The van der Waals surface area contributed by atoms with Crippen LogP contribution in [0.25, 0.3) is 11.1 Å². The Bertz CT molecular complexity index is 1310. The van der Waals surface area contributed by atoms with Gasteiger partial charge in [0.1, 0.15) is 0 Å². The molecule has 2 aliphatic rings. The van der Waals surface area contributed by atoms with E-state index in [-0.39, 0.29) is 5.91 Å². The van der Waals surface area contributed by atoms with Crippen LogP contribution in [-0.4, -0.2) is 39.1 Å². The number of carbonyl (C=O) groups is 1. The summed E-state index contributed by atoms with van der Waals surface area (Å²) in [6, 6.07) is 13.8. The van der Waals surface area contributed by atoms with Crippen molar-refractivity contribution in [2.75, 3.05) is 5.32 Å². The number of anilines is 1. The molecule has 0 spiro atoms. The van der Waals surface area contributed by atoms with Crippen LogP contribution >= 0.6 is 0 Å². The van der Waals surface area contributed by atoms with Gasteiger partial charge in [0.25, 0.3) is 5.91 Å². The highest BCUT2D eigenvalue weighted by Crippen LogP contribution is 2.38. The van der Waals surface area contributed by atoms with Crippen molar-refractivity contribution in [3.05, 3.63) is 65.0 Å². The van der Waals surface area contributed by atoms with Crippen LogP contribution in [0, 0.1) is 13.8 Å². The largest absolute Gasteiger partial charge is 0.495 e. The van der Waals surface area contributed by atoms with Gasteiger partial charge in [-0.15, -0.1) is 0 Å². The molecule has 3 heterocycles. The van der Waals surface area contributed by atoms with E-state index in [4.69, 9.17) is 9.31 Å². The Morgan fingerprint density at radius 3 is 2.36 bits per heavy atom. The van der Waals surface area contributed by atoms with Gasteiger partial charge in [0.2, 0.25) is 0 Å². The average Bonchev–Trinajstić information content (AvgIpc) is 3.34. The summed E-state index contributed by atoms with van der Waals surface area (Å²) in [4.78, 5) is 13.1. The number of aromatic nitrogens is 2. The second kappa shape index (κ2) is 8.87. The van der Waals surface area contributed by atoms with Crippen molar-refractivity contribution in [1.82, 2.24) is 9.78 Å². The SMILES string of the molecule is Cc1c(NC(=O)c2cc3n(n2)CCCC3O)cccc1-c1cccc(B2OC(C)(C)C(C)(C)O2)c1C. The maximum absolute atomic E-state index is 13.1. The standard InChI is InChI=1S/C28H34BN3O4/c1-17-19(10-7-12-21(17)29-35-27(3,4)28(5,6)36-29)20-11-8-13-22(18(20)2)30-26(34)23-16-24-25(33)14-9-15-32(24)31-23/h7-8,10-13,16,25,33H,9,14-15H2,1-6H3,(H,30,34). The van der Waals surface area contributed by atoms with Crippen molar-refractivity contribution < 1.29 is 19.2 Å². The minimum atomic E-state index is -0.572. The van der Waals surface area contributed by atoms with Gasteiger partial charge in [-0.05, 0) is 94.2 Å². The van der Waals surface area contributed by atoms with E-state index in [2.05, 4.69) is 63.2 Å². The van der Waals surface area contributed by atoms with Crippen molar-refractivity contribution in [2.45, 2.75) is 78.2 Å². The zero-order valence-corrected chi connectivity index (χ0v) is 21.9. The summed E-state index contributed by atoms with van der Waals surface area (Å²) in [7, 11) is -0.444. The molecule has 188 valence electrons. The summed E-state index contributed by atoms with van der Waals surface area (Å²) in [5.41, 5.74) is 6.06. The maximum Gasteiger partial charge on any atom is 0.495 e. The van der Waals surface area contributed by atoms with Crippen molar-refractivity contribution >= 4 is 24.2 Å². The number of aryl methyl sites for hydroxylation is 1. The molecular weight excluding hydrogens is 453 g/mol. The molecule has 0 bridgehead atoms. The number of nitrogens with zero attached hydrogens (tertiary/aromatic N) is 2. The second-order valence-corrected chi connectivity index (χ2v) is 10.9. The molecule has 7 nitrogen and oxygen atoms in total. The van der Waals surface area contributed by atoms with Gasteiger partial charge in [-0.3, -0.25) is 9.48 Å². The van der Waals surface area contributed by atoms with E-state index >= 15 is 0 Å². The third-order valence-electron chi connectivity index (χ3n) is 7.99. The van der Waals surface area contributed by atoms with Crippen molar-refractivity contribution in [3.8, 4) is 11.1 Å². The first-order valence-electron chi connectivity index (χ1n) is 12.6. The minimum Gasteiger partial charge on any atom is -0.399 e. The molecule has 1 unspecified atom stereocenters. The molecule has 1 amide bonds. The van der Waals surface area contributed by atoms with Crippen LogP contribution in [0.3, 0.4) is 0 Å². The minimum absolute atomic E-state index is 0.285. The van der Waals surface area contributed by atoms with Crippen LogP contribution in [0.5, 0.6) is 0 Å². The lowest BCUT2D eigenvalue weighted by atomic mass is 9.74. The van der Waals surface area contributed by atoms with Gasteiger partial charge in [-0.25, -0.2) is 0 Å². The topological polar surface area (TPSA) is 85.6 Å². The fourth-order valence-electron chi connectivity index (χ4n) is 4.99. The first-order valence-corrected chi connectivity index (χ1v) is 12.6. The summed E-state index contributed by atoms with van der Waals surface area (Å²) >= 11 is 0. The fraction of sp³-hybridized carbons (Fsp3) is 0.429. The molecule has 2 aliphatic heterocycles. The molecule has 0 saturated carbocycles. The smallest absolute Gasteiger partial charge is 0.399 e. The average molecular weight is 487 g/mol. The van der Waals surface area contributed by atoms with Crippen LogP contribution in [0.2, 0.25) is 0 Å². The number of hydrogen-bond acceptors (Lipinski definition) is 5. The molecule has 36 heavy (non-hydrogen) atoms. The van der Waals surface area contributed by atoms with E-state index in [0.717, 1.165) is 39.8 Å². The lowest BCUT2D eigenvalue weighted by Gasteiger charge is -2.32. The molecule has 0 radical (unpaired) electrons. The van der Waals surface area contributed by atoms with Crippen molar-refractivity contribution in [1.29, 1.82) is 0 Å². The zero-order chi connectivity index (χ0) is 25.8. The number of aliphatic hydroxyl groups excluding tert-OH is 1. The van der Waals surface area contributed by atoms with Crippen molar-refractivity contribution in [2.24, 2.45) is 0 Å². The van der Waals surface area contributed by atoms with E-state index in [0.29, 0.717) is 24.4 Å². The van der Waals surface area contributed by atoms with Gasteiger partial charge in [0, 0.05) is 12.2 Å². The molecule has 1 saturated heterocycles. The van der Waals surface area contributed by atoms with Gasteiger partial charge >= 0.3 is 7.12 Å². The predicted molar refractivity (Wildman–Crippen MR) is 141 cm³/mol. The highest BCUT2D eigenvalue weighted by atomic mass is 16.7. The van der Waals surface area contributed by atoms with Crippen molar-refractivity contribution in [3.63, 3.8) is 0 Å². The lowest BCUT2D eigenvalue weighted by Crippen LogP contribution is -2.41. The summed E-state index contributed by atoms with van der Waals surface area (Å²) in [6.45, 7) is 13.0. The van der Waals surface area contributed by atoms with Crippen LogP contribution in [0.15, 0.2) is 42.5 Å². The Hall–Kier alpha value is -2.94. The highest BCUT2D eigenvalue weighted by Gasteiger charge is 2.52. The summed E-state index contributed by atoms with van der Waals surface area (Å²) in [5, 5.41) is 17.7. The quantitative estimate of drug-likeness (QED) is 0.528. The molecule has 2 N–H and O–H groups in total. The highest BCUT2D eigenvalue weighted by molar-refractivity contribution is 6.62. The molecule has 8 heteroatoms. The Morgan fingerprint density at radius 2 is 1.69 bits per heavy atom. The Labute approximate surface area is 213 Å².